The van der Waals surface area contributed by atoms with Crippen molar-refractivity contribution in [2.75, 3.05) is 6.54 Å². The Morgan fingerprint density at radius 2 is 2.29 bits per heavy atom. The third-order valence-electron chi connectivity index (χ3n) is 2.31. The van der Waals surface area contributed by atoms with E-state index < -0.39 is 0 Å². The van der Waals surface area contributed by atoms with Gasteiger partial charge in [-0.05, 0) is 31.7 Å². The number of hydrogen-bond acceptors (Lipinski definition) is 3. The van der Waals surface area contributed by atoms with Crippen molar-refractivity contribution in [3.63, 3.8) is 0 Å². The quantitative estimate of drug-likeness (QED) is 0.726. The van der Waals surface area contributed by atoms with Crippen LogP contribution in [0.4, 0.5) is 4.79 Å². The van der Waals surface area contributed by atoms with Gasteiger partial charge in [-0.25, -0.2) is 4.79 Å². The Morgan fingerprint density at radius 3 is 2.88 bits per heavy atom. The van der Waals surface area contributed by atoms with Gasteiger partial charge in [-0.15, -0.1) is 11.3 Å². The normalized spacial score (nSPS) is 14.1. The highest BCUT2D eigenvalue weighted by Crippen LogP contribution is 2.10. The Hall–Kier alpha value is -1.07. The number of carbonyl (C=O) groups is 1. The van der Waals surface area contributed by atoms with E-state index in [1.54, 1.807) is 18.3 Å². The van der Waals surface area contributed by atoms with E-state index in [9.17, 15) is 4.79 Å². The molecule has 1 aromatic rings. The van der Waals surface area contributed by atoms with Crippen LogP contribution in [-0.4, -0.2) is 29.8 Å². The molecule has 17 heavy (non-hydrogen) atoms. The number of urea groups is 1. The minimum Gasteiger partial charge on any atom is -0.393 e. The number of rotatable bonds is 6. The molecule has 1 heterocycles. The first-order valence-corrected chi connectivity index (χ1v) is 6.70. The minimum atomic E-state index is -0.376. The predicted molar refractivity (Wildman–Crippen MR) is 70.3 cm³/mol. The van der Waals surface area contributed by atoms with Gasteiger partial charge < -0.3 is 15.7 Å². The fourth-order valence-electron chi connectivity index (χ4n) is 1.45. The van der Waals surface area contributed by atoms with E-state index in [0.717, 1.165) is 6.42 Å². The molecule has 0 saturated heterocycles. The average molecular weight is 256 g/mol. The van der Waals surface area contributed by atoms with Crippen molar-refractivity contribution in [1.82, 2.24) is 10.6 Å². The van der Waals surface area contributed by atoms with Crippen LogP contribution < -0.4 is 10.6 Å². The molecule has 0 aliphatic carbocycles. The van der Waals surface area contributed by atoms with Crippen LogP contribution in [-0.2, 0) is 6.42 Å². The molecule has 96 valence electrons. The lowest BCUT2D eigenvalue weighted by molar-refractivity contribution is 0.183. The molecule has 2 unspecified atom stereocenters. The van der Waals surface area contributed by atoms with Gasteiger partial charge in [-0.2, -0.15) is 0 Å². The van der Waals surface area contributed by atoms with Crippen molar-refractivity contribution in [1.29, 1.82) is 0 Å². The number of nitrogens with one attached hydrogen (secondary N) is 2. The topological polar surface area (TPSA) is 61.4 Å². The molecule has 0 aromatic carbocycles. The molecule has 1 aromatic heterocycles. The summed E-state index contributed by atoms with van der Waals surface area (Å²) in [6.45, 7) is 4.18. The monoisotopic (exact) mass is 256 g/mol. The van der Waals surface area contributed by atoms with Gasteiger partial charge in [0.25, 0.3) is 0 Å². The van der Waals surface area contributed by atoms with Gasteiger partial charge in [-0.3, -0.25) is 0 Å². The summed E-state index contributed by atoms with van der Waals surface area (Å²) in [6.07, 6.45) is 1.05. The maximum Gasteiger partial charge on any atom is 0.315 e. The third kappa shape index (κ3) is 6.28. The lowest BCUT2D eigenvalue weighted by Gasteiger charge is -2.14. The molecule has 4 nitrogen and oxygen atoms in total. The number of aliphatic hydroxyl groups is 1. The van der Waals surface area contributed by atoms with Crippen LogP contribution >= 0.6 is 11.3 Å². The minimum absolute atomic E-state index is 0.111. The molecule has 0 fully saturated rings. The summed E-state index contributed by atoms with van der Waals surface area (Å²) in [5, 5.41) is 16.7. The molecule has 2 atom stereocenters. The lowest BCUT2D eigenvalue weighted by Crippen LogP contribution is -2.42. The van der Waals surface area contributed by atoms with Gasteiger partial charge in [-0.1, -0.05) is 6.07 Å². The maximum absolute atomic E-state index is 11.5. The standard InChI is InChI=1S/C12H20N2O2S/c1-9(8-11-4-3-7-17-11)14-12(16)13-6-5-10(2)15/h3-4,7,9-10,15H,5-6,8H2,1-2H3,(H2,13,14,16). The van der Waals surface area contributed by atoms with E-state index >= 15 is 0 Å². The van der Waals surface area contributed by atoms with E-state index in [0.29, 0.717) is 13.0 Å². The van der Waals surface area contributed by atoms with Crippen molar-refractivity contribution in [2.24, 2.45) is 0 Å². The van der Waals surface area contributed by atoms with Gasteiger partial charge >= 0.3 is 6.03 Å². The molecule has 0 saturated carbocycles. The summed E-state index contributed by atoms with van der Waals surface area (Å²) in [4.78, 5) is 12.7. The molecule has 3 N–H and O–H groups in total. The fourth-order valence-corrected chi connectivity index (χ4v) is 2.29. The van der Waals surface area contributed by atoms with E-state index in [4.69, 9.17) is 5.11 Å². The summed E-state index contributed by atoms with van der Waals surface area (Å²) in [5.41, 5.74) is 0. The van der Waals surface area contributed by atoms with Crippen molar-refractivity contribution in [3.05, 3.63) is 22.4 Å². The van der Waals surface area contributed by atoms with Crippen molar-refractivity contribution < 1.29 is 9.90 Å². The zero-order chi connectivity index (χ0) is 12.7. The average Bonchev–Trinajstić information content (AvgIpc) is 2.69. The van der Waals surface area contributed by atoms with E-state index in [1.165, 1.54) is 4.88 Å². The van der Waals surface area contributed by atoms with Crippen molar-refractivity contribution >= 4 is 17.4 Å². The molecule has 0 aliphatic rings. The first-order valence-electron chi connectivity index (χ1n) is 5.82. The largest absolute Gasteiger partial charge is 0.393 e. The van der Waals surface area contributed by atoms with Gasteiger partial charge in [0.1, 0.15) is 0 Å². The highest BCUT2D eigenvalue weighted by molar-refractivity contribution is 7.09. The van der Waals surface area contributed by atoms with E-state index in [1.807, 2.05) is 18.4 Å². The number of thiophene rings is 1. The second kappa shape index (κ2) is 7.29. The first kappa shape index (κ1) is 14.0. The number of hydrogen-bond donors (Lipinski definition) is 3. The molecule has 0 bridgehead atoms. The smallest absolute Gasteiger partial charge is 0.315 e. The molecule has 5 heteroatoms. The molecule has 0 aliphatic heterocycles. The SMILES string of the molecule is CC(O)CCNC(=O)NC(C)Cc1cccs1. The lowest BCUT2D eigenvalue weighted by atomic mass is 10.2. The molecule has 0 radical (unpaired) electrons. The van der Waals surface area contributed by atoms with E-state index in [2.05, 4.69) is 16.7 Å². The van der Waals surface area contributed by atoms with Crippen molar-refractivity contribution in [2.45, 2.75) is 38.8 Å². The summed E-state index contributed by atoms with van der Waals surface area (Å²) in [6, 6.07) is 4.01. The molecule has 1 rings (SSSR count). The Labute approximate surface area is 106 Å². The Morgan fingerprint density at radius 1 is 1.53 bits per heavy atom. The van der Waals surface area contributed by atoms with Crippen LogP contribution in [0.25, 0.3) is 0 Å². The third-order valence-corrected chi connectivity index (χ3v) is 3.21. The van der Waals surface area contributed by atoms with Crippen LogP contribution in [0.1, 0.15) is 25.1 Å². The number of aliphatic hydroxyl groups excluding tert-OH is 1. The number of amides is 2. The fraction of sp³-hybridized carbons (Fsp3) is 0.583. The molecule has 0 spiro atoms. The maximum atomic E-state index is 11.5. The Bertz CT molecular complexity index is 325. The van der Waals surface area contributed by atoms with Gasteiger partial charge in [0.15, 0.2) is 0 Å². The summed E-state index contributed by atoms with van der Waals surface area (Å²) in [5.74, 6) is 0. The van der Waals surface area contributed by atoms with Crippen LogP contribution in [0.5, 0.6) is 0 Å². The zero-order valence-electron chi connectivity index (χ0n) is 10.3. The molecular weight excluding hydrogens is 236 g/mol. The molecular formula is C12H20N2O2S. The van der Waals surface area contributed by atoms with Crippen LogP contribution in [0.15, 0.2) is 17.5 Å². The van der Waals surface area contributed by atoms with Gasteiger partial charge in [0, 0.05) is 23.9 Å². The van der Waals surface area contributed by atoms with Gasteiger partial charge in [0.05, 0.1) is 6.10 Å². The van der Waals surface area contributed by atoms with Crippen molar-refractivity contribution in [3.8, 4) is 0 Å². The predicted octanol–water partition coefficient (Wildman–Crippen LogP) is 1.75. The highest BCUT2D eigenvalue weighted by Gasteiger charge is 2.08. The molecule has 2 amide bonds. The van der Waals surface area contributed by atoms with Crippen LogP contribution in [0, 0.1) is 0 Å². The second-order valence-corrected chi connectivity index (χ2v) is 5.25. The summed E-state index contributed by atoms with van der Waals surface area (Å²) >= 11 is 1.70. The number of carbonyl (C=O) groups excluding carboxylic acids is 1. The summed E-state index contributed by atoms with van der Waals surface area (Å²) in [7, 11) is 0. The van der Waals surface area contributed by atoms with Gasteiger partial charge in [0.2, 0.25) is 0 Å². The van der Waals surface area contributed by atoms with Crippen LogP contribution in [0.2, 0.25) is 0 Å². The highest BCUT2D eigenvalue weighted by atomic mass is 32.1. The second-order valence-electron chi connectivity index (χ2n) is 4.22. The Kier molecular flexibility index (Phi) is 6.00. The Balaban J connectivity index is 2.17. The zero-order valence-corrected chi connectivity index (χ0v) is 11.1. The first-order chi connectivity index (χ1) is 8.08. The van der Waals surface area contributed by atoms with E-state index in [-0.39, 0.29) is 18.2 Å². The summed E-state index contributed by atoms with van der Waals surface area (Å²) < 4.78 is 0. The van der Waals surface area contributed by atoms with Crippen LogP contribution in [0.3, 0.4) is 0 Å².